The van der Waals surface area contributed by atoms with Crippen molar-refractivity contribution in [3.63, 3.8) is 0 Å². The van der Waals surface area contributed by atoms with E-state index in [1.165, 1.54) is 7.11 Å². The van der Waals surface area contributed by atoms with E-state index in [2.05, 4.69) is 10.3 Å². The number of aromatic nitrogens is 1. The fourth-order valence-electron chi connectivity index (χ4n) is 1.91. The minimum atomic E-state index is -0.480. The van der Waals surface area contributed by atoms with Gasteiger partial charge in [-0.05, 0) is 31.2 Å². The molecule has 0 radical (unpaired) electrons. The molecule has 0 saturated carbocycles. The molecule has 0 atom stereocenters. The topological polar surface area (TPSA) is 68.3 Å². The highest BCUT2D eigenvalue weighted by molar-refractivity contribution is 6.01. The van der Waals surface area contributed by atoms with E-state index in [0.717, 1.165) is 5.56 Å². The van der Waals surface area contributed by atoms with Crippen LogP contribution in [0.5, 0.6) is 0 Å². The molecule has 1 N–H and O–H groups in total. The summed E-state index contributed by atoms with van der Waals surface area (Å²) in [5.74, 6) is -0.713. The van der Waals surface area contributed by atoms with Gasteiger partial charge in [-0.15, -0.1) is 0 Å². The number of hydrogen-bond donors (Lipinski definition) is 1. The Kier molecular flexibility index (Phi) is 4.66. The van der Waals surface area contributed by atoms with E-state index in [9.17, 15) is 9.59 Å². The number of pyridine rings is 1. The molecule has 1 heterocycles. The number of rotatable bonds is 4. The maximum absolute atomic E-state index is 12.0. The van der Waals surface area contributed by atoms with Crippen molar-refractivity contribution in [3.8, 4) is 0 Å². The number of methoxy groups -OCH3 is 1. The third kappa shape index (κ3) is 3.89. The van der Waals surface area contributed by atoms with Gasteiger partial charge in [0.15, 0.2) is 0 Å². The molecule has 1 aromatic heterocycles. The minimum Gasteiger partial charge on any atom is -0.465 e. The predicted molar refractivity (Wildman–Crippen MR) is 79.1 cm³/mol. The molecule has 0 spiro atoms. The van der Waals surface area contributed by atoms with Crippen LogP contribution in [0.3, 0.4) is 0 Å². The molecule has 1 aromatic carbocycles. The number of nitrogens with zero attached hydrogens (tertiary/aromatic N) is 1. The lowest BCUT2D eigenvalue weighted by Crippen LogP contribution is -2.17. The standard InChI is InChI=1S/C16H16N2O3/c1-11-6-7-14(13(9-11)16(20)21-2)18-15(19)10-12-5-3-4-8-17-12/h3-9H,10H2,1-2H3,(H,18,19). The summed E-state index contributed by atoms with van der Waals surface area (Å²) in [6.45, 7) is 1.87. The number of ether oxygens (including phenoxy) is 1. The van der Waals surface area contributed by atoms with E-state index in [0.29, 0.717) is 16.9 Å². The number of carbonyl (C=O) groups excluding carboxylic acids is 2. The zero-order valence-corrected chi connectivity index (χ0v) is 11.9. The van der Waals surface area contributed by atoms with Gasteiger partial charge in [0.2, 0.25) is 5.91 Å². The van der Waals surface area contributed by atoms with Crippen molar-refractivity contribution in [1.82, 2.24) is 4.98 Å². The van der Waals surface area contributed by atoms with E-state index in [1.807, 2.05) is 19.1 Å². The molecule has 1 amide bonds. The maximum Gasteiger partial charge on any atom is 0.339 e. The van der Waals surface area contributed by atoms with Gasteiger partial charge in [0.25, 0.3) is 0 Å². The number of carbonyl (C=O) groups is 2. The van der Waals surface area contributed by atoms with Crippen LogP contribution in [0.1, 0.15) is 21.6 Å². The summed E-state index contributed by atoms with van der Waals surface area (Å²) in [5, 5.41) is 2.72. The Morgan fingerprint density at radius 1 is 1.24 bits per heavy atom. The molecule has 2 rings (SSSR count). The van der Waals surface area contributed by atoms with Gasteiger partial charge < -0.3 is 10.1 Å². The van der Waals surface area contributed by atoms with Gasteiger partial charge in [0.1, 0.15) is 0 Å². The van der Waals surface area contributed by atoms with Crippen molar-refractivity contribution in [2.24, 2.45) is 0 Å². The molecule has 5 nitrogen and oxygen atoms in total. The summed E-state index contributed by atoms with van der Waals surface area (Å²) in [6.07, 6.45) is 1.78. The predicted octanol–water partition coefficient (Wildman–Crippen LogP) is 2.36. The van der Waals surface area contributed by atoms with Crippen molar-refractivity contribution in [2.45, 2.75) is 13.3 Å². The van der Waals surface area contributed by atoms with Crippen LogP contribution in [0.15, 0.2) is 42.6 Å². The maximum atomic E-state index is 12.0. The first-order chi connectivity index (χ1) is 10.1. The van der Waals surface area contributed by atoms with Gasteiger partial charge in [0.05, 0.1) is 24.8 Å². The van der Waals surface area contributed by atoms with E-state index >= 15 is 0 Å². The Labute approximate surface area is 123 Å². The van der Waals surface area contributed by atoms with Gasteiger partial charge in [-0.2, -0.15) is 0 Å². The van der Waals surface area contributed by atoms with Gasteiger partial charge >= 0.3 is 5.97 Å². The summed E-state index contributed by atoms with van der Waals surface area (Å²) < 4.78 is 4.73. The number of aryl methyl sites for hydroxylation is 1. The zero-order chi connectivity index (χ0) is 15.2. The molecule has 2 aromatic rings. The molecule has 0 unspecified atom stereocenters. The number of esters is 1. The first kappa shape index (κ1) is 14.7. The molecular formula is C16H16N2O3. The first-order valence-electron chi connectivity index (χ1n) is 6.49. The number of hydrogen-bond acceptors (Lipinski definition) is 4. The number of anilines is 1. The summed E-state index contributed by atoms with van der Waals surface area (Å²) in [6, 6.07) is 10.6. The summed E-state index contributed by atoms with van der Waals surface area (Å²) in [4.78, 5) is 27.9. The lowest BCUT2D eigenvalue weighted by atomic mass is 10.1. The third-order valence-corrected chi connectivity index (χ3v) is 2.92. The van der Waals surface area contributed by atoms with Crippen molar-refractivity contribution in [3.05, 3.63) is 59.4 Å². The Morgan fingerprint density at radius 2 is 2.05 bits per heavy atom. The highest BCUT2D eigenvalue weighted by atomic mass is 16.5. The Balaban J connectivity index is 2.15. The monoisotopic (exact) mass is 284 g/mol. The normalized spacial score (nSPS) is 10.0. The Hall–Kier alpha value is -2.69. The lowest BCUT2D eigenvalue weighted by molar-refractivity contribution is -0.115. The highest BCUT2D eigenvalue weighted by Crippen LogP contribution is 2.18. The fraction of sp³-hybridized carbons (Fsp3) is 0.188. The second-order valence-corrected chi connectivity index (χ2v) is 4.59. The van der Waals surface area contributed by atoms with Gasteiger partial charge in [-0.1, -0.05) is 17.7 Å². The van der Waals surface area contributed by atoms with Crippen molar-refractivity contribution >= 4 is 17.6 Å². The van der Waals surface area contributed by atoms with Crippen LogP contribution in [-0.2, 0) is 16.0 Å². The zero-order valence-electron chi connectivity index (χ0n) is 11.9. The molecule has 108 valence electrons. The molecule has 0 aliphatic rings. The SMILES string of the molecule is COC(=O)c1cc(C)ccc1NC(=O)Cc1ccccn1. The molecule has 0 aliphatic carbocycles. The van der Waals surface area contributed by atoms with E-state index in [1.54, 1.807) is 30.5 Å². The van der Waals surface area contributed by atoms with Crippen molar-refractivity contribution in [2.75, 3.05) is 12.4 Å². The summed E-state index contributed by atoms with van der Waals surface area (Å²) in [7, 11) is 1.31. The van der Waals surface area contributed by atoms with Crippen LogP contribution < -0.4 is 5.32 Å². The summed E-state index contributed by atoms with van der Waals surface area (Å²) in [5.41, 5.74) is 2.36. The van der Waals surface area contributed by atoms with Crippen LogP contribution in [0, 0.1) is 6.92 Å². The molecular weight excluding hydrogens is 268 g/mol. The summed E-state index contributed by atoms with van der Waals surface area (Å²) >= 11 is 0. The number of nitrogens with one attached hydrogen (secondary N) is 1. The minimum absolute atomic E-state index is 0.148. The van der Waals surface area contributed by atoms with Gasteiger partial charge in [-0.3, -0.25) is 9.78 Å². The second-order valence-electron chi connectivity index (χ2n) is 4.59. The molecule has 0 aliphatic heterocycles. The molecule has 0 saturated heterocycles. The van der Waals surface area contributed by atoms with Gasteiger partial charge in [0, 0.05) is 11.9 Å². The fourth-order valence-corrected chi connectivity index (χ4v) is 1.91. The van der Waals surface area contributed by atoms with E-state index in [4.69, 9.17) is 4.74 Å². The second kappa shape index (κ2) is 6.65. The van der Waals surface area contributed by atoms with E-state index in [-0.39, 0.29) is 12.3 Å². The van der Waals surface area contributed by atoms with Crippen molar-refractivity contribution < 1.29 is 14.3 Å². The lowest BCUT2D eigenvalue weighted by Gasteiger charge is -2.10. The van der Waals surface area contributed by atoms with Crippen LogP contribution in [0.2, 0.25) is 0 Å². The van der Waals surface area contributed by atoms with Crippen LogP contribution in [0.25, 0.3) is 0 Å². The molecule has 0 bridgehead atoms. The number of benzene rings is 1. The quantitative estimate of drug-likeness (QED) is 0.875. The third-order valence-electron chi connectivity index (χ3n) is 2.92. The smallest absolute Gasteiger partial charge is 0.339 e. The molecule has 0 fully saturated rings. The van der Waals surface area contributed by atoms with Crippen molar-refractivity contribution in [1.29, 1.82) is 0 Å². The molecule has 5 heteroatoms. The van der Waals surface area contributed by atoms with E-state index < -0.39 is 5.97 Å². The van der Waals surface area contributed by atoms with Crippen LogP contribution >= 0.6 is 0 Å². The molecule has 21 heavy (non-hydrogen) atoms. The Bertz CT molecular complexity index is 654. The van der Waals surface area contributed by atoms with Crippen LogP contribution in [0.4, 0.5) is 5.69 Å². The highest BCUT2D eigenvalue weighted by Gasteiger charge is 2.14. The number of amides is 1. The largest absolute Gasteiger partial charge is 0.465 e. The Morgan fingerprint density at radius 3 is 2.71 bits per heavy atom. The first-order valence-corrected chi connectivity index (χ1v) is 6.49. The van der Waals surface area contributed by atoms with Gasteiger partial charge in [-0.25, -0.2) is 4.79 Å². The average molecular weight is 284 g/mol. The average Bonchev–Trinajstić information content (AvgIpc) is 2.49. The van der Waals surface area contributed by atoms with Crippen LogP contribution in [-0.4, -0.2) is 24.0 Å².